The third-order valence-electron chi connectivity index (χ3n) is 5.31. The summed E-state index contributed by atoms with van der Waals surface area (Å²) in [6.45, 7) is 13.3. The van der Waals surface area contributed by atoms with E-state index in [2.05, 4.69) is 34.6 Å². The van der Waals surface area contributed by atoms with Crippen LogP contribution in [0.15, 0.2) is 0 Å². The van der Waals surface area contributed by atoms with Crippen molar-refractivity contribution in [1.82, 2.24) is 0 Å². The van der Waals surface area contributed by atoms with Crippen molar-refractivity contribution in [3.05, 3.63) is 0 Å². The van der Waals surface area contributed by atoms with Gasteiger partial charge in [-0.2, -0.15) is 0 Å². The van der Waals surface area contributed by atoms with Crippen molar-refractivity contribution < 1.29 is 0 Å². The highest BCUT2D eigenvalue weighted by Gasteiger charge is 2.66. The molecule has 3 fully saturated rings. The maximum Gasteiger partial charge on any atom is 0.155 e. The Balaban J connectivity index is 2.27. The monoisotopic (exact) mass is 192 g/mol. The van der Waals surface area contributed by atoms with Crippen LogP contribution in [-0.2, 0) is 0 Å². The third kappa shape index (κ3) is 1.14. The van der Waals surface area contributed by atoms with Crippen molar-refractivity contribution >= 4 is 6.71 Å². The zero-order valence-corrected chi connectivity index (χ0v) is 10.6. The second-order valence-corrected chi connectivity index (χ2v) is 6.79. The molecule has 1 aliphatic carbocycles. The van der Waals surface area contributed by atoms with Gasteiger partial charge < -0.3 is 0 Å². The van der Waals surface area contributed by atoms with E-state index >= 15 is 0 Å². The molecule has 2 unspecified atom stereocenters. The van der Waals surface area contributed by atoms with Crippen molar-refractivity contribution in [2.45, 2.75) is 76.7 Å². The summed E-state index contributed by atoms with van der Waals surface area (Å²) in [4.78, 5) is 0. The highest BCUT2D eigenvalue weighted by molar-refractivity contribution is 6.70. The van der Waals surface area contributed by atoms with Gasteiger partial charge in [0.15, 0.2) is 6.71 Å². The van der Waals surface area contributed by atoms with E-state index in [1.807, 2.05) is 0 Å². The van der Waals surface area contributed by atoms with Gasteiger partial charge in [-0.05, 0) is 11.2 Å². The number of fused-ring (bicyclic) bond motifs is 2. The molecule has 1 heteroatoms. The van der Waals surface area contributed by atoms with Crippen molar-refractivity contribution in [2.24, 2.45) is 5.92 Å². The molecule has 80 valence electrons. The van der Waals surface area contributed by atoms with Crippen LogP contribution in [0.25, 0.3) is 0 Å². The lowest BCUT2D eigenvalue weighted by Gasteiger charge is -2.68. The molecule has 2 bridgehead atoms. The summed E-state index contributed by atoms with van der Waals surface area (Å²) in [5, 5.41) is 1.43. The number of hydrogen-bond donors (Lipinski definition) is 0. The molecule has 3 rings (SSSR count). The summed E-state index contributed by atoms with van der Waals surface area (Å²) in [6, 6.07) is 0. The lowest BCUT2D eigenvalue weighted by molar-refractivity contribution is 0.173. The van der Waals surface area contributed by atoms with Gasteiger partial charge >= 0.3 is 0 Å². The smallest absolute Gasteiger partial charge is 0.0693 e. The van der Waals surface area contributed by atoms with Gasteiger partial charge in [0.25, 0.3) is 0 Å². The van der Waals surface area contributed by atoms with Gasteiger partial charge in [-0.15, -0.1) is 0 Å². The van der Waals surface area contributed by atoms with Crippen LogP contribution >= 0.6 is 0 Å². The average Bonchev–Trinajstić information content (AvgIpc) is 2.01. The Labute approximate surface area is 89.9 Å². The molecule has 0 aromatic carbocycles. The highest BCUT2D eigenvalue weighted by atomic mass is 14.5. The van der Waals surface area contributed by atoms with Crippen LogP contribution in [0.2, 0.25) is 16.4 Å². The Hall–Kier alpha value is 0.0649. The van der Waals surface area contributed by atoms with E-state index in [-0.39, 0.29) is 0 Å². The molecule has 2 saturated heterocycles. The van der Waals surface area contributed by atoms with Gasteiger partial charge in [-0.1, -0.05) is 71.4 Å². The van der Waals surface area contributed by atoms with E-state index in [4.69, 9.17) is 0 Å². The summed E-state index contributed by atoms with van der Waals surface area (Å²) >= 11 is 0. The predicted octanol–water partition coefficient (Wildman–Crippen LogP) is 4.64. The Bertz CT molecular complexity index is 233. The van der Waals surface area contributed by atoms with Gasteiger partial charge in [-0.25, -0.2) is 0 Å². The fraction of sp³-hybridized carbons (Fsp3) is 1.00. The summed E-state index contributed by atoms with van der Waals surface area (Å²) in [5.74, 6) is 1.78. The first-order valence-corrected chi connectivity index (χ1v) is 6.42. The van der Waals surface area contributed by atoms with Crippen LogP contribution < -0.4 is 0 Å². The second kappa shape index (κ2) is 3.03. The molecule has 0 N–H and O–H groups in total. The minimum Gasteiger partial charge on any atom is -0.0693 e. The van der Waals surface area contributed by atoms with Crippen LogP contribution in [-0.4, -0.2) is 6.71 Å². The molecule has 0 radical (unpaired) electrons. The van der Waals surface area contributed by atoms with Gasteiger partial charge in [0, 0.05) is 0 Å². The molecule has 1 saturated carbocycles. The molecule has 3 aliphatic rings. The predicted molar refractivity (Wildman–Crippen MR) is 65.2 cm³/mol. The highest BCUT2D eigenvalue weighted by Crippen LogP contribution is 2.76. The molecule has 0 aromatic rings. The molecule has 2 atom stereocenters. The van der Waals surface area contributed by atoms with E-state index in [9.17, 15) is 0 Å². The number of rotatable bonds is 2. The fourth-order valence-electron chi connectivity index (χ4n) is 5.16. The largest absolute Gasteiger partial charge is 0.155 e. The molecule has 0 spiro atoms. The van der Waals surface area contributed by atoms with Crippen LogP contribution in [0.4, 0.5) is 0 Å². The molecule has 0 amide bonds. The molecule has 0 nitrogen and oxygen atoms in total. The average molecular weight is 192 g/mol. The Morgan fingerprint density at radius 1 is 1.07 bits per heavy atom. The van der Waals surface area contributed by atoms with E-state index in [1.165, 1.54) is 25.7 Å². The topological polar surface area (TPSA) is 0 Å². The molecular formula is C13H25B. The van der Waals surface area contributed by atoms with E-state index < -0.39 is 0 Å². The summed E-state index contributed by atoms with van der Waals surface area (Å²) in [6.07, 6.45) is 5.99. The van der Waals surface area contributed by atoms with Crippen LogP contribution in [0, 0.1) is 5.92 Å². The van der Waals surface area contributed by atoms with E-state index in [1.54, 1.807) is 0 Å². The zero-order chi connectivity index (χ0) is 10.6. The maximum absolute atomic E-state index is 2.54. The molecule has 2 aliphatic heterocycles. The van der Waals surface area contributed by atoms with Crippen molar-refractivity contribution in [1.29, 1.82) is 0 Å². The first-order chi connectivity index (χ1) is 6.42. The second-order valence-electron chi connectivity index (χ2n) is 6.79. The Morgan fingerprint density at radius 3 is 2.14 bits per heavy atom. The van der Waals surface area contributed by atoms with Crippen LogP contribution in [0.5, 0.6) is 0 Å². The Kier molecular flexibility index (Phi) is 2.29. The van der Waals surface area contributed by atoms with Gasteiger partial charge in [0.05, 0.1) is 0 Å². The first-order valence-electron chi connectivity index (χ1n) is 6.42. The number of hydrogen-bond acceptors (Lipinski definition) is 0. The van der Waals surface area contributed by atoms with E-state index in [0.29, 0.717) is 5.31 Å². The summed E-state index contributed by atoms with van der Waals surface area (Å²) in [7, 11) is 0. The van der Waals surface area contributed by atoms with Gasteiger partial charge in [0.2, 0.25) is 0 Å². The quantitative estimate of drug-likeness (QED) is 0.559. The zero-order valence-electron chi connectivity index (χ0n) is 10.6. The summed E-state index contributed by atoms with van der Waals surface area (Å²) < 4.78 is 0. The standard InChI is InChI=1S/C13H25B/c1-10(2)13-8-6-7-12(5,9-13)14(13)11(3)4/h10-11H,6-9H2,1-5H3. The minimum absolute atomic E-state index is 0.705. The SMILES string of the molecule is CC(C)B1C2(C)CCCC1(C(C)C)C2. The normalized spacial score (nSPS) is 41.8. The van der Waals surface area contributed by atoms with Crippen molar-refractivity contribution in [3.63, 3.8) is 0 Å². The Morgan fingerprint density at radius 2 is 1.71 bits per heavy atom. The minimum atomic E-state index is 0.705. The fourth-order valence-corrected chi connectivity index (χ4v) is 5.16. The molecular weight excluding hydrogens is 167 g/mol. The van der Waals surface area contributed by atoms with Crippen molar-refractivity contribution in [2.75, 3.05) is 0 Å². The van der Waals surface area contributed by atoms with Crippen LogP contribution in [0.1, 0.15) is 60.3 Å². The summed E-state index contributed by atoms with van der Waals surface area (Å²) in [5.41, 5.74) is 0. The first kappa shape index (κ1) is 10.6. The molecule has 2 heterocycles. The third-order valence-corrected chi connectivity index (χ3v) is 5.31. The lowest BCUT2D eigenvalue weighted by atomic mass is 9.03. The van der Waals surface area contributed by atoms with Crippen molar-refractivity contribution in [3.8, 4) is 0 Å². The maximum atomic E-state index is 2.54. The van der Waals surface area contributed by atoms with E-state index in [0.717, 1.165) is 23.8 Å². The van der Waals surface area contributed by atoms with Crippen LogP contribution in [0.3, 0.4) is 0 Å². The molecule has 0 aromatic heterocycles. The van der Waals surface area contributed by atoms with Gasteiger partial charge in [-0.3, -0.25) is 0 Å². The molecule has 14 heavy (non-hydrogen) atoms. The lowest BCUT2D eigenvalue weighted by Crippen LogP contribution is -2.60. The van der Waals surface area contributed by atoms with Gasteiger partial charge in [0.1, 0.15) is 0 Å².